The van der Waals surface area contributed by atoms with Crippen LogP contribution in [0, 0.1) is 0 Å². The van der Waals surface area contributed by atoms with Gasteiger partial charge in [-0.2, -0.15) is 0 Å². The number of nitrogens with two attached hydrogens (primary N) is 1. The molecule has 0 aliphatic carbocycles. The van der Waals surface area contributed by atoms with E-state index in [1.807, 2.05) is 76.6 Å². The molecule has 182 valence electrons. The highest BCUT2D eigenvalue weighted by molar-refractivity contribution is 7.90. The van der Waals surface area contributed by atoms with Crippen molar-refractivity contribution in [3.63, 3.8) is 0 Å². The summed E-state index contributed by atoms with van der Waals surface area (Å²) in [5, 5.41) is 2.05. The lowest BCUT2D eigenvalue weighted by molar-refractivity contribution is 0.0965. The van der Waals surface area contributed by atoms with E-state index in [-0.39, 0.29) is 10.5 Å². The molecule has 0 bridgehead atoms. The Bertz CT molecular complexity index is 1490. The molecule has 36 heavy (non-hydrogen) atoms. The lowest BCUT2D eigenvalue weighted by Crippen LogP contribution is -2.42. The third-order valence-corrected chi connectivity index (χ3v) is 6.87. The SMILES string of the molecule is CN(c1ccc(-c2ccccc2)cc1)c1cc(C(=O)NC(=O)NS(=O)(=O)c2ccccc2)ccc1N. The topological polar surface area (TPSA) is 122 Å². The Morgan fingerprint density at radius 3 is 2.00 bits per heavy atom. The van der Waals surface area contributed by atoms with Crippen molar-refractivity contribution in [3.05, 3.63) is 109 Å². The normalized spacial score (nSPS) is 10.9. The van der Waals surface area contributed by atoms with Crippen LogP contribution in [0.3, 0.4) is 0 Å². The average molecular weight is 501 g/mol. The first-order chi connectivity index (χ1) is 17.2. The van der Waals surface area contributed by atoms with Crippen LogP contribution in [0.5, 0.6) is 0 Å². The van der Waals surface area contributed by atoms with E-state index < -0.39 is 22.0 Å². The van der Waals surface area contributed by atoms with E-state index >= 15 is 0 Å². The van der Waals surface area contributed by atoms with Crippen molar-refractivity contribution in [1.29, 1.82) is 0 Å². The van der Waals surface area contributed by atoms with Gasteiger partial charge in [0, 0.05) is 18.3 Å². The predicted octanol–water partition coefficient (Wildman–Crippen LogP) is 4.53. The second kappa shape index (κ2) is 10.3. The maximum absolute atomic E-state index is 12.7. The van der Waals surface area contributed by atoms with Gasteiger partial charge in [0.25, 0.3) is 15.9 Å². The molecule has 0 radical (unpaired) electrons. The van der Waals surface area contributed by atoms with Crippen molar-refractivity contribution in [1.82, 2.24) is 10.0 Å². The molecule has 0 fully saturated rings. The second-order valence-electron chi connectivity index (χ2n) is 7.95. The van der Waals surface area contributed by atoms with E-state index in [4.69, 9.17) is 5.73 Å². The molecule has 4 rings (SSSR count). The van der Waals surface area contributed by atoms with Gasteiger partial charge in [-0.3, -0.25) is 10.1 Å². The van der Waals surface area contributed by atoms with Gasteiger partial charge in [0.1, 0.15) is 0 Å². The van der Waals surface area contributed by atoms with Crippen molar-refractivity contribution in [2.24, 2.45) is 0 Å². The van der Waals surface area contributed by atoms with Gasteiger partial charge in [0.15, 0.2) is 0 Å². The van der Waals surface area contributed by atoms with Gasteiger partial charge in [-0.1, -0.05) is 60.7 Å². The molecule has 0 aliphatic heterocycles. The van der Waals surface area contributed by atoms with Crippen LogP contribution >= 0.6 is 0 Å². The number of carbonyl (C=O) groups excluding carboxylic acids is 2. The fourth-order valence-electron chi connectivity index (χ4n) is 3.60. The number of nitrogen functional groups attached to an aromatic ring is 1. The number of amides is 3. The van der Waals surface area contributed by atoms with Crippen molar-refractivity contribution < 1.29 is 18.0 Å². The molecule has 8 nitrogen and oxygen atoms in total. The second-order valence-corrected chi connectivity index (χ2v) is 9.63. The number of rotatable bonds is 6. The van der Waals surface area contributed by atoms with Crippen molar-refractivity contribution in [3.8, 4) is 11.1 Å². The van der Waals surface area contributed by atoms with Gasteiger partial charge in [-0.15, -0.1) is 0 Å². The molecule has 0 spiro atoms. The van der Waals surface area contributed by atoms with Gasteiger partial charge >= 0.3 is 6.03 Å². The van der Waals surface area contributed by atoms with Gasteiger partial charge in [-0.25, -0.2) is 17.9 Å². The number of nitrogens with one attached hydrogen (secondary N) is 2. The number of benzene rings is 4. The van der Waals surface area contributed by atoms with Gasteiger partial charge in [-0.05, 0) is 53.6 Å². The van der Waals surface area contributed by atoms with E-state index in [1.54, 1.807) is 12.1 Å². The summed E-state index contributed by atoms with van der Waals surface area (Å²) in [6, 6.07) is 28.6. The molecule has 3 amide bonds. The lowest BCUT2D eigenvalue weighted by atomic mass is 10.1. The molecule has 0 saturated carbocycles. The number of hydrogen-bond acceptors (Lipinski definition) is 6. The first kappa shape index (κ1) is 24.5. The summed E-state index contributed by atoms with van der Waals surface area (Å²) in [5.41, 5.74) is 10.3. The first-order valence-corrected chi connectivity index (χ1v) is 12.4. The molecule has 9 heteroatoms. The minimum absolute atomic E-state index is 0.0951. The quantitative estimate of drug-likeness (QED) is 0.335. The minimum atomic E-state index is -4.12. The highest BCUT2D eigenvalue weighted by atomic mass is 32.2. The standard InChI is InChI=1S/C27H24N4O4S/c1-31(22-15-12-20(13-16-22)19-8-4-2-5-9-19)25-18-21(14-17-24(25)28)26(32)29-27(33)30-36(34,35)23-10-6-3-7-11-23/h2-18H,28H2,1H3,(H2,29,30,32,33). The summed E-state index contributed by atoms with van der Waals surface area (Å²) < 4.78 is 26.5. The summed E-state index contributed by atoms with van der Waals surface area (Å²) >= 11 is 0. The van der Waals surface area contributed by atoms with Crippen LogP contribution in [0.1, 0.15) is 10.4 Å². The van der Waals surface area contributed by atoms with Crippen molar-refractivity contribution in [2.45, 2.75) is 4.90 Å². The Kier molecular flexibility index (Phi) is 7.03. The van der Waals surface area contributed by atoms with E-state index in [1.165, 1.54) is 36.4 Å². The highest BCUT2D eigenvalue weighted by Crippen LogP contribution is 2.31. The molecule has 4 aromatic rings. The highest BCUT2D eigenvalue weighted by Gasteiger charge is 2.20. The number of nitrogens with zero attached hydrogens (tertiary/aromatic N) is 1. The Morgan fingerprint density at radius 2 is 1.36 bits per heavy atom. The average Bonchev–Trinajstić information content (AvgIpc) is 2.89. The number of anilines is 3. The number of imide groups is 1. The van der Waals surface area contributed by atoms with Crippen LogP contribution in [0.4, 0.5) is 21.9 Å². The van der Waals surface area contributed by atoms with E-state index in [9.17, 15) is 18.0 Å². The molecule has 0 heterocycles. The van der Waals surface area contributed by atoms with Crippen LogP contribution < -0.4 is 20.7 Å². The summed E-state index contributed by atoms with van der Waals surface area (Å²) in [5.74, 6) is -0.773. The molecular formula is C27H24N4O4S. The molecule has 0 unspecified atom stereocenters. The van der Waals surface area contributed by atoms with Crippen LogP contribution in [-0.4, -0.2) is 27.4 Å². The predicted molar refractivity (Wildman–Crippen MR) is 140 cm³/mol. The molecule has 0 aromatic heterocycles. The monoisotopic (exact) mass is 500 g/mol. The van der Waals surface area contributed by atoms with Crippen LogP contribution in [0.25, 0.3) is 11.1 Å². The Hall–Kier alpha value is -4.63. The first-order valence-electron chi connectivity index (χ1n) is 11.0. The van der Waals surface area contributed by atoms with E-state index in [2.05, 4.69) is 0 Å². The Balaban J connectivity index is 1.48. The minimum Gasteiger partial charge on any atom is -0.397 e. The van der Waals surface area contributed by atoms with Crippen LogP contribution in [-0.2, 0) is 10.0 Å². The lowest BCUT2D eigenvalue weighted by Gasteiger charge is -2.22. The molecular weight excluding hydrogens is 476 g/mol. The van der Waals surface area contributed by atoms with Crippen LogP contribution in [0.15, 0.2) is 108 Å². The van der Waals surface area contributed by atoms with E-state index in [0.29, 0.717) is 11.4 Å². The van der Waals surface area contributed by atoms with Gasteiger partial charge in [0.2, 0.25) is 0 Å². The summed E-state index contributed by atoms with van der Waals surface area (Å²) in [7, 11) is -2.31. The molecule has 4 N–H and O–H groups in total. The fraction of sp³-hybridized carbons (Fsp3) is 0.0370. The van der Waals surface area contributed by atoms with Gasteiger partial charge < -0.3 is 10.6 Å². The zero-order chi connectivity index (χ0) is 25.7. The smallest absolute Gasteiger partial charge is 0.335 e. The number of carbonyl (C=O) groups is 2. The zero-order valence-corrected chi connectivity index (χ0v) is 20.2. The van der Waals surface area contributed by atoms with E-state index in [0.717, 1.165) is 16.8 Å². The maximum atomic E-state index is 12.7. The summed E-state index contributed by atoms with van der Waals surface area (Å²) in [4.78, 5) is 26.6. The molecule has 0 aliphatic rings. The molecule has 4 aromatic carbocycles. The fourth-order valence-corrected chi connectivity index (χ4v) is 4.53. The van der Waals surface area contributed by atoms with Crippen LogP contribution in [0.2, 0.25) is 0 Å². The zero-order valence-electron chi connectivity index (χ0n) is 19.4. The Labute approximate surface area is 209 Å². The summed E-state index contributed by atoms with van der Waals surface area (Å²) in [6.07, 6.45) is 0. The third kappa shape index (κ3) is 5.53. The van der Waals surface area contributed by atoms with Crippen molar-refractivity contribution in [2.75, 3.05) is 17.7 Å². The number of sulfonamides is 1. The maximum Gasteiger partial charge on any atom is 0.335 e. The molecule has 0 atom stereocenters. The van der Waals surface area contributed by atoms with Gasteiger partial charge in [0.05, 0.1) is 16.3 Å². The van der Waals surface area contributed by atoms with Crippen molar-refractivity contribution >= 4 is 39.0 Å². The number of hydrogen-bond donors (Lipinski definition) is 3. The Morgan fingerprint density at radius 1 is 0.778 bits per heavy atom. The largest absolute Gasteiger partial charge is 0.397 e. The summed E-state index contributed by atoms with van der Waals surface area (Å²) in [6.45, 7) is 0. The molecule has 0 saturated heterocycles. The third-order valence-electron chi connectivity index (χ3n) is 5.52. The number of urea groups is 1.